The van der Waals surface area contributed by atoms with Crippen molar-refractivity contribution < 1.29 is 9.84 Å². The highest BCUT2D eigenvalue weighted by molar-refractivity contribution is 5.41. The lowest BCUT2D eigenvalue weighted by Crippen LogP contribution is -1.86. The third-order valence-electron chi connectivity index (χ3n) is 1.65. The molecule has 0 spiro atoms. The molecule has 1 N–H and O–H groups in total. The minimum absolute atomic E-state index is 0.199. The number of aromatic hydroxyl groups is 1. The monoisotopic (exact) mass is 212 g/mol. The third-order valence-corrected chi connectivity index (χ3v) is 1.65. The second-order valence-electron chi connectivity index (χ2n) is 2.36. The minimum Gasteiger partial charge on any atom is -0.504 e. The van der Waals surface area contributed by atoms with Crippen LogP contribution in [0.2, 0.25) is 0 Å². The molecular formula is C13H24O2. The van der Waals surface area contributed by atoms with Crippen molar-refractivity contribution in [2.24, 2.45) is 0 Å². The SMILES string of the molecule is CC.CC.CCc1ccc(O)c(OC)c1. The number of methoxy groups -OCH3 is 1. The van der Waals surface area contributed by atoms with Gasteiger partial charge in [-0.25, -0.2) is 0 Å². The van der Waals surface area contributed by atoms with Crippen molar-refractivity contribution in [3.8, 4) is 11.5 Å². The van der Waals surface area contributed by atoms with Gasteiger partial charge < -0.3 is 9.84 Å². The Balaban J connectivity index is 0. The minimum atomic E-state index is 0.199. The Kier molecular flexibility index (Phi) is 11.8. The van der Waals surface area contributed by atoms with Crippen LogP contribution in [0.25, 0.3) is 0 Å². The Bertz CT molecular complexity index is 244. The summed E-state index contributed by atoms with van der Waals surface area (Å²) in [6, 6.07) is 5.38. The van der Waals surface area contributed by atoms with Gasteiger partial charge in [-0.1, -0.05) is 40.7 Å². The molecule has 0 aliphatic carbocycles. The van der Waals surface area contributed by atoms with Crippen molar-refractivity contribution in [1.29, 1.82) is 0 Å². The van der Waals surface area contributed by atoms with E-state index < -0.39 is 0 Å². The molecule has 0 fully saturated rings. The normalized spacial score (nSPS) is 7.87. The molecule has 15 heavy (non-hydrogen) atoms. The number of hydrogen-bond acceptors (Lipinski definition) is 2. The summed E-state index contributed by atoms with van der Waals surface area (Å²) in [6.45, 7) is 10.1. The smallest absolute Gasteiger partial charge is 0.160 e. The summed E-state index contributed by atoms with van der Waals surface area (Å²) in [7, 11) is 1.55. The van der Waals surface area contributed by atoms with Crippen LogP contribution in [-0.4, -0.2) is 12.2 Å². The number of aryl methyl sites for hydroxylation is 1. The predicted molar refractivity (Wildman–Crippen MR) is 66.7 cm³/mol. The van der Waals surface area contributed by atoms with Crippen molar-refractivity contribution >= 4 is 0 Å². The average Bonchev–Trinajstić information content (AvgIpc) is 2.35. The van der Waals surface area contributed by atoms with Gasteiger partial charge in [0.2, 0.25) is 0 Å². The highest BCUT2D eigenvalue weighted by Crippen LogP contribution is 2.26. The molecule has 0 radical (unpaired) electrons. The molecule has 0 heterocycles. The van der Waals surface area contributed by atoms with Crippen LogP contribution in [0, 0.1) is 0 Å². The first kappa shape index (κ1) is 16.3. The van der Waals surface area contributed by atoms with Crippen LogP contribution in [0.4, 0.5) is 0 Å². The zero-order chi connectivity index (χ0) is 12.3. The molecule has 2 nitrogen and oxygen atoms in total. The molecule has 88 valence electrons. The molecule has 0 aromatic heterocycles. The Hall–Kier alpha value is -1.18. The molecule has 1 aromatic rings. The number of phenols is 1. The van der Waals surface area contributed by atoms with E-state index in [-0.39, 0.29) is 5.75 Å². The zero-order valence-corrected chi connectivity index (χ0v) is 10.8. The van der Waals surface area contributed by atoms with E-state index in [4.69, 9.17) is 4.74 Å². The molecule has 0 unspecified atom stereocenters. The molecule has 0 aliphatic rings. The first-order valence-corrected chi connectivity index (χ1v) is 5.63. The van der Waals surface area contributed by atoms with Gasteiger partial charge >= 0.3 is 0 Å². The topological polar surface area (TPSA) is 29.5 Å². The first-order valence-electron chi connectivity index (χ1n) is 5.63. The molecule has 2 heteroatoms. The van der Waals surface area contributed by atoms with Gasteiger partial charge in [-0.3, -0.25) is 0 Å². The van der Waals surface area contributed by atoms with E-state index in [1.54, 1.807) is 13.2 Å². The van der Waals surface area contributed by atoms with Crippen LogP contribution in [0.15, 0.2) is 18.2 Å². The van der Waals surface area contributed by atoms with Crippen LogP contribution in [-0.2, 0) is 6.42 Å². The number of hydrogen-bond donors (Lipinski definition) is 1. The number of rotatable bonds is 2. The van der Waals surface area contributed by atoms with Crippen LogP contribution in [0.1, 0.15) is 40.2 Å². The number of ether oxygens (including phenoxy) is 1. The van der Waals surface area contributed by atoms with Gasteiger partial charge in [0.1, 0.15) is 0 Å². The van der Waals surface area contributed by atoms with E-state index in [0.717, 1.165) is 6.42 Å². The number of benzene rings is 1. The fourth-order valence-electron chi connectivity index (χ4n) is 0.942. The van der Waals surface area contributed by atoms with E-state index in [2.05, 4.69) is 6.92 Å². The Morgan fingerprint density at radius 3 is 2.07 bits per heavy atom. The van der Waals surface area contributed by atoms with Crippen LogP contribution >= 0.6 is 0 Å². The summed E-state index contributed by atoms with van der Waals surface area (Å²) < 4.78 is 4.94. The van der Waals surface area contributed by atoms with E-state index >= 15 is 0 Å². The number of phenolic OH excluding ortho intramolecular Hbond substituents is 1. The maximum absolute atomic E-state index is 9.21. The predicted octanol–water partition coefficient (Wildman–Crippen LogP) is 4.02. The van der Waals surface area contributed by atoms with E-state index in [9.17, 15) is 5.11 Å². The Morgan fingerprint density at radius 2 is 1.67 bits per heavy atom. The highest BCUT2D eigenvalue weighted by Gasteiger charge is 1.99. The summed E-state index contributed by atoms with van der Waals surface area (Å²) in [5, 5.41) is 9.21. The largest absolute Gasteiger partial charge is 0.504 e. The molecule has 1 rings (SSSR count). The summed E-state index contributed by atoms with van der Waals surface area (Å²) in [6.07, 6.45) is 0.955. The first-order chi connectivity index (χ1) is 7.27. The van der Waals surface area contributed by atoms with Crippen molar-refractivity contribution in [3.05, 3.63) is 23.8 Å². The van der Waals surface area contributed by atoms with Gasteiger partial charge in [0.15, 0.2) is 11.5 Å². The standard InChI is InChI=1S/C9H12O2.2C2H6/c1-3-7-4-5-8(10)9(6-7)11-2;2*1-2/h4-6,10H,3H2,1-2H3;2*1-2H3. The van der Waals surface area contributed by atoms with Crippen molar-refractivity contribution in [2.45, 2.75) is 41.0 Å². The molecule has 1 aromatic carbocycles. The second-order valence-corrected chi connectivity index (χ2v) is 2.36. The van der Waals surface area contributed by atoms with Crippen LogP contribution < -0.4 is 4.74 Å². The fourth-order valence-corrected chi connectivity index (χ4v) is 0.942. The zero-order valence-electron chi connectivity index (χ0n) is 10.8. The van der Waals surface area contributed by atoms with Gasteiger partial charge in [-0.15, -0.1) is 0 Å². The van der Waals surface area contributed by atoms with Gasteiger partial charge in [0.05, 0.1) is 7.11 Å². The highest BCUT2D eigenvalue weighted by atomic mass is 16.5. The molecule has 0 amide bonds. The van der Waals surface area contributed by atoms with Gasteiger partial charge in [-0.2, -0.15) is 0 Å². The van der Waals surface area contributed by atoms with Crippen molar-refractivity contribution in [1.82, 2.24) is 0 Å². The van der Waals surface area contributed by atoms with Gasteiger partial charge in [0, 0.05) is 0 Å². The molecule has 0 aliphatic heterocycles. The van der Waals surface area contributed by atoms with Crippen molar-refractivity contribution in [2.75, 3.05) is 7.11 Å². The van der Waals surface area contributed by atoms with E-state index in [1.165, 1.54) is 5.56 Å². The molecule has 0 saturated heterocycles. The Morgan fingerprint density at radius 1 is 1.13 bits per heavy atom. The average molecular weight is 212 g/mol. The summed E-state index contributed by atoms with van der Waals surface area (Å²) in [5.41, 5.74) is 1.17. The molecule has 0 bridgehead atoms. The lowest BCUT2D eigenvalue weighted by Gasteiger charge is -2.03. The summed E-state index contributed by atoms with van der Waals surface area (Å²) >= 11 is 0. The second kappa shape index (κ2) is 10.9. The molecule has 0 atom stereocenters. The Labute approximate surface area is 93.9 Å². The summed E-state index contributed by atoms with van der Waals surface area (Å²) in [5.74, 6) is 0.744. The maximum Gasteiger partial charge on any atom is 0.160 e. The van der Waals surface area contributed by atoms with Gasteiger partial charge in [-0.05, 0) is 24.1 Å². The summed E-state index contributed by atoms with van der Waals surface area (Å²) in [4.78, 5) is 0. The fraction of sp³-hybridized carbons (Fsp3) is 0.538. The van der Waals surface area contributed by atoms with E-state index in [1.807, 2.05) is 39.8 Å². The van der Waals surface area contributed by atoms with Crippen molar-refractivity contribution in [3.63, 3.8) is 0 Å². The van der Waals surface area contributed by atoms with Gasteiger partial charge in [0.25, 0.3) is 0 Å². The molecule has 0 saturated carbocycles. The third kappa shape index (κ3) is 6.00. The lowest BCUT2D eigenvalue weighted by molar-refractivity contribution is 0.373. The molecular weight excluding hydrogens is 188 g/mol. The quantitative estimate of drug-likeness (QED) is 0.802. The van der Waals surface area contributed by atoms with Crippen LogP contribution in [0.3, 0.4) is 0 Å². The van der Waals surface area contributed by atoms with Crippen LogP contribution in [0.5, 0.6) is 11.5 Å². The lowest BCUT2D eigenvalue weighted by atomic mass is 10.1. The van der Waals surface area contributed by atoms with E-state index in [0.29, 0.717) is 5.75 Å². The maximum atomic E-state index is 9.21.